The van der Waals surface area contributed by atoms with Crippen molar-refractivity contribution >= 4 is 11.0 Å². The average Bonchev–Trinajstić information content (AvgIpc) is 2.79. The molecule has 0 fully saturated rings. The Morgan fingerprint density at radius 1 is 1.18 bits per heavy atom. The predicted molar refractivity (Wildman–Crippen MR) is 60.2 cm³/mol. The molecule has 0 radical (unpaired) electrons. The molecule has 3 atom stereocenters. The van der Waals surface area contributed by atoms with Crippen molar-refractivity contribution in [3.05, 3.63) is 30.1 Å². The van der Waals surface area contributed by atoms with Crippen LogP contribution in [-0.2, 0) is 0 Å². The quantitative estimate of drug-likeness (QED) is 0.484. The predicted octanol–water partition coefficient (Wildman–Crippen LogP) is -0.690. The molecule has 2 aromatic rings. The second-order valence-corrected chi connectivity index (χ2v) is 3.82. The van der Waals surface area contributed by atoms with E-state index in [-0.39, 0.29) is 5.82 Å². The van der Waals surface area contributed by atoms with Gasteiger partial charge in [-0.05, 0) is 12.1 Å². The molecular weight excluding hydrogens is 224 g/mol. The molecule has 5 N–H and O–H groups in total. The van der Waals surface area contributed by atoms with Crippen LogP contribution in [0.3, 0.4) is 0 Å². The third-order valence-corrected chi connectivity index (χ3v) is 2.59. The summed E-state index contributed by atoms with van der Waals surface area (Å²) in [6.45, 7) is -0.627. The zero-order valence-electron chi connectivity index (χ0n) is 8.98. The first kappa shape index (κ1) is 12.0. The van der Waals surface area contributed by atoms with Gasteiger partial charge in [-0.15, -0.1) is 0 Å². The number of aliphatic hydroxyl groups excluding tert-OH is 4. The molecule has 0 spiro atoms. The van der Waals surface area contributed by atoms with E-state index < -0.39 is 24.9 Å². The maximum atomic E-state index is 9.78. The largest absolute Gasteiger partial charge is 0.394 e. The molecule has 0 aliphatic rings. The molecule has 0 amide bonds. The van der Waals surface area contributed by atoms with Gasteiger partial charge < -0.3 is 25.4 Å². The van der Waals surface area contributed by atoms with E-state index in [2.05, 4.69) is 9.97 Å². The van der Waals surface area contributed by atoms with E-state index >= 15 is 0 Å². The molecule has 17 heavy (non-hydrogen) atoms. The van der Waals surface area contributed by atoms with Crippen LogP contribution in [0.1, 0.15) is 11.9 Å². The van der Waals surface area contributed by atoms with Crippen molar-refractivity contribution in [2.45, 2.75) is 18.3 Å². The van der Waals surface area contributed by atoms with Gasteiger partial charge in [-0.25, -0.2) is 4.98 Å². The Morgan fingerprint density at radius 3 is 2.53 bits per heavy atom. The van der Waals surface area contributed by atoms with E-state index in [1.165, 1.54) is 0 Å². The molecule has 1 aromatic carbocycles. The monoisotopic (exact) mass is 238 g/mol. The summed E-state index contributed by atoms with van der Waals surface area (Å²) in [5.41, 5.74) is 1.39. The highest BCUT2D eigenvalue weighted by Gasteiger charge is 2.27. The number of para-hydroxylation sites is 2. The van der Waals surface area contributed by atoms with Gasteiger partial charge in [0.25, 0.3) is 0 Å². The van der Waals surface area contributed by atoms with Gasteiger partial charge in [-0.2, -0.15) is 0 Å². The Bertz CT molecular complexity index is 466. The van der Waals surface area contributed by atoms with E-state index in [1.807, 2.05) is 6.07 Å². The summed E-state index contributed by atoms with van der Waals surface area (Å²) in [6.07, 6.45) is -4.26. The number of nitrogens with one attached hydrogen (secondary N) is 1. The van der Waals surface area contributed by atoms with Crippen LogP contribution in [0.4, 0.5) is 0 Å². The molecule has 0 saturated carbocycles. The number of aromatic amines is 1. The van der Waals surface area contributed by atoms with Crippen molar-refractivity contribution in [3.8, 4) is 0 Å². The van der Waals surface area contributed by atoms with Crippen molar-refractivity contribution in [1.29, 1.82) is 0 Å². The Labute approximate surface area is 97.2 Å². The lowest BCUT2D eigenvalue weighted by Crippen LogP contribution is -2.35. The number of fused-ring (bicyclic) bond motifs is 1. The number of aliphatic hydroxyl groups is 4. The highest BCUT2D eigenvalue weighted by Crippen LogP contribution is 2.19. The Hall–Kier alpha value is -1.47. The van der Waals surface area contributed by atoms with Gasteiger partial charge in [0.05, 0.1) is 17.6 Å². The summed E-state index contributed by atoms with van der Waals surface area (Å²) in [6, 6.07) is 7.16. The number of aromatic nitrogens is 2. The van der Waals surface area contributed by atoms with Crippen molar-refractivity contribution in [1.82, 2.24) is 9.97 Å². The molecule has 0 aliphatic carbocycles. The van der Waals surface area contributed by atoms with Crippen LogP contribution in [0.2, 0.25) is 0 Å². The van der Waals surface area contributed by atoms with Crippen LogP contribution in [-0.4, -0.2) is 49.2 Å². The van der Waals surface area contributed by atoms with Gasteiger partial charge in [0, 0.05) is 0 Å². The van der Waals surface area contributed by atoms with Gasteiger partial charge in [0.1, 0.15) is 24.1 Å². The third-order valence-electron chi connectivity index (χ3n) is 2.59. The summed E-state index contributed by atoms with van der Waals surface area (Å²) < 4.78 is 0. The van der Waals surface area contributed by atoms with E-state index in [0.717, 1.165) is 5.52 Å². The lowest BCUT2D eigenvalue weighted by Gasteiger charge is -2.19. The molecule has 1 heterocycles. The van der Waals surface area contributed by atoms with Crippen LogP contribution in [0, 0.1) is 0 Å². The number of nitrogens with zero attached hydrogens (tertiary/aromatic N) is 1. The molecule has 0 aliphatic heterocycles. The molecule has 1 aromatic heterocycles. The van der Waals surface area contributed by atoms with E-state index in [9.17, 15) is 15.3 Å². The van der Waals surface area contributed by atoms with E-state index in [0.29, 0.717) is 5.52 Å². The minimum absolute atomic E-state index is 0.159. The number of H-pyrrole nitrogens is 1. The summed E-state index contributed by atoms with van der Waals surface area (Å²) in [5, 5.41) is 37.2. The second-order valence-electron chi connectivity index (χ2n) is 3.82. The standard InChI is InChI=1S/C11H14N2O4/c14-5-8(15)9(16)10(17)11-12-6-3-1-2-4-7(6)13-11/h1-4,8-10,14-17H,5H2,(H,12,13)/t8-,9+,10+/m0/s1. The first-order valence-corrected chi connectivity index (χ1v) is 5.23. The molecule has 0 bridgehead atoms. The smallest absolute Gasteiger partial charge is 0.140 e. The second kappa shape index (κ2) is 4.80. The highest BCUT2D eigenvalue weighted by molar-refractivity contribution is 5.74. The SMILES string of the molecule is OC[C@H](O)[C@@H](O)[C@@H](O)c1nc2ccccc2[nH]1. The lowest BCUT2D eigenvalue weighted by molar-refractivity contribution is -0.0800. The minimum Gasteiger partial charge on any atom is -0.394 e. The molecule has 0 unspecified atom stereocenters. The van der Waals surface area contributed by atoms with Crippen molar-refractivity contribution < 1.29 is 20.4 Å². The topological polar surface area (TPSA) is 110 Å². The molecule has 6 nitrogen and oxygen atoms in total. The summed E-state index contributed by atoms with van der Waals surface area (Å²) in [7, 11) is 0. The first-order chi connectivity index (χ1) is 8.13. The molecule has 0 saturated heterocycles. The first-order valence-electron chi connectivity index (χ1n) is 5.23. The number of hydrogen-bond acceptors (Lipinski definition) is 5. The molecule has 92 valence electrons. The van der Waals surface area contributed by atoms with Crippen LogP contribution >= 0.6 is 0 Å². The fourth-order valence-corrected chi connectivity index (χ4v) is 1.59. The number of hydrogen-bond donors (Lipinski definition) is 5. The van der Waals surface area contributed by atoms with Crippen molar-refractivity contribution in [2.24, 2.45) is 0 Å². The number of rotatable bonds is 4. The van der Waals surface area contributed by atoms with Gasteiger partial charge in [-0.1, -0.05) is 12.1 Å². The van der Waals surface area contributed by atoms with Crippen LogP contribution in [0.15, 0.2) is 24.3 Å². The van der Waals surface area contributed by atoms with Crippen LogP contribution in [0.5, 0.6) is 0 Å². The number of benzene rings is 1. The fourth-order valence-electron chi connectivity index (χ4n) is 1.59. The maximum Gasteiger partial charge on any atom is 0.140 e. The Balaban J connectivity index is 2.27. The Kier molecular flexibility index (Phi) is 3.39. The van der Waals surface area contributed by atoms with Gasteiger partial charge in [0.15, 0.2) is 0 Å². The third kappa shape index (κ3) is 2.29. The van der Waals surface area contributed by atoms with Gasteiger partial charge >= 0.3 is 0 Å². The zero-order chi connectivity index (χ0) is 12.4. The Morgan fingerprint density at radius 2 is 1.88 bits per heavy atom. The maximum absolute atomic E-state index is 9.78. The highest BCUT2D eigenvalue weighted by atomic mass is 16.4. The molecule has 2 rings (SSSR count). The van der Waals surface area contributed by atoms with Crippen LogP contribution in [0.25, 0.3) is 11.0 Å². The van der Waals surface area contributed by atoms with Crippen LogP contribution < -0.4 is 0 Å². The van der Waals surface area contributed by atoms with E-state index in [4.69, 9.17) is 5.11 Å². The fraction of sp³-hybridized carbons (Fsp3) is 0.364. The van der Waals surface area contributed by atoms with Gasteiger partial charge in [-0.3, -0.25) is 0 Å². The van der Waals surface area contributed by atoms with E-state index in [1.54, 1.807) is 18.2 Å². The zero-order valence-corrected chi connectivity index (χ0v) is 8.98. The summed E-state index contributed by atoms with van der Waals surface area (Å²) in [5.74, 6) is 0.159. The molecular formula is C11H14N2O4. The van der Waals surface area contributed by atoms with Crippen molar-refractivity contribution in [2.75, 3.05) is 6.61 Å². The summed E-state index contributed by atoms with van der Waals surface area (Å²) in [4.78, 5) is 6.93. The number of imidazole rings is 1. The normalized spacial score (nSPS) is 16.9. The minimum atomic E-state index is -1.49. The van der Waals surface area contributed by atoms with Gasteiger partial charge in [0.2, 0.25) is 0 Å². The molecule has 6 heteroatoms. The lowest BCUT2D eigenvalue weighted by atomic mass is 10.1. The summed E-state index contributed by atoms with van der Waals surface area (Å²) >= 11 is 0. The average molecular weight is 238 g/mol. The van der Waals surface area contributed by atoms with Crippen molar-refractivity contribution in [3.63, 3.8) is 0 Å².